The summed E-state index contributed by atoms with van der Waals surface area (Å²) in [5, 5.41) is 6.44. The van der Waals surface area contributed by atoms with E-state index in [1.165, 1.54) is 0 Å². The van der Waals surface area contributed by atoms with Gasteiger partial charge in [0.05, 0.1) is 23.9 Å². The summed E-state index contributed by atoms with van der Waals surface area (Å²) < 4.78 is 5.31. The highest BCUT2D eigenvalue weighted by molar-refractivity contribution is 6.33. The number of nitrogens with zero attached hydrogens (tertiary/aromatic N) is 1. The second-order valence-electron chi connectivity index (χ2n) is 4.65. The third-order valence-corrected chi connectivity index (χ3v) is 3.62. The van der Waals surface area contributed by atoms with Gasteiger partial charge in [-0.25, -0.2) is 0 Å². The highest BCUT2D eigenvalue weighted by Crippen LogP contribution is 2.22. The van der Waals surface area contributed by atoms with Crippen molar-refractivity contribution in [3.63, 3.8) is 0 Å². The molecule has 1 aromatic carbocycles. The van der Waals surface area contributed by atoms with Crippen LogP contribution >= 0.6 is 11.6 Å². The maximum atomic E-state index is 11.5. The first-order valence-corrected chi connectivity index (χ1v) is 7.14. The van der Waals surface area contributed by atoms with Gasteiger partial charge in [0.25, 0.3) is 5.91 Å². The van der Waals surface area contributed by atoms with Crippen LogP contribution in [0.25, 0.3) is 0 Å². The van der Waals surface area contributed by atoms with Gasteiger partial charge in [0.1, 0.15) is 0 Å². The van der Waals surface area contributed by atoms with Crippen LogP contribution in [0, 0.1) is 0 Å². The lowest BCUT2D eigenvalue weighted by Gasteiger charge is -2.26. The number of anilines is 1. The second-order valence-corrected chi connectivity index (χ2v) is 5.06. The van der Waals surface area contributed by atoms with E-state index in [0.29, 0.717) is 10.6 Å². The van der Waals surface area contributed by atoms with Gasteiger partial charge in [-0.05, 0) is 18.2 Å². The monoisotopic (exact) mass is 297 g/mol. The summed E-state index contributed by atoms with van der Waals surface area (Å²) in [6.07, 6.45) is 0. The molecule has 0 saturated carbocycles. The Balaban J connectivity index is 1.84. The third kappa shape index (κ3) is 4.10. The number of carbonyl (C=O) groups excluding carboxylic acids is 1. The van der Waals surface area contributed by atoms with Crippen LogP contribution < -0.4 is 10.6 Å². The Morgan fingerprint density at radius 2 is 2.15 bits per heavy atom. The quantitative estimate of drug-likeness (QED) is 0.864. The summed E-state index contributed by atoms with van der Waals surface area (Å²) >= 11 is 6.18. The molecule has 1 saturated heterocycles. The van der Waals surface area contributed by atoms with Crippen LogP contribution in [0.15, 0.2) is 18.2 Å². The van der Waals surface area contributed by atoms with Gasteiger partial charge in [0, 0.05) is 38.8 Å². The minimum Gasteiger partial charge on any atom is -0.383 e. The number of nitrogens with one attached hydrogen (secondary N) is 2. The number of morpholine rings is 1. The molecule has 5 nitrogen and oxygen atoms in total. The summed E-state index contributed by atoms with van der Waals surface area (Å²) in [6, 6.07) is 5.28. The van der Waals surface area contributed by atoms with Gasteiger partial charge in [0.2, 0.25) is 0 Å². The van der Waals surface area contributed by atoms with Gasteiger partial charge in [-0.15, -0.1) is 0 Å². The lowest BCUT2D eigenvalue weighted by molar-refractivity contribution is 0.0398. The van der Waals surface area contributed by atoms with Gasteiger partial charge < -0.3 is 15.4 Å². The Morgan fingerprint density at radius 1 is 1.40 bits per heavy atom. The van der Waals surface area contributed by atoms with Crippen LogP contribution in [0.2, 0.25) is 5.02 Å². The normalized spacial score (nSPS) is 15.9. The number of carbonyl (C=O) groups is 1. The van der Waals surface area contributed by atoms with E-state index >= 15 is 0 Å². The van der Waals surface area contributed by atoms with Crippen LogP contribution in [0.5, 0.6) is 0 Å². The van der Waals surface area contributed by atoms with E-state index in [-0.39, 0.29) is 5.91 Å². The Bertz CT molecular complexity index is 462. The van der Waals surface area contributed by atoms with Crippen molar-refractivity contribution in [2.45, 2.75) is 0 Å². The molecule has 0 spiro atoms. The van der Waals surface area contributed by atoms with Crippen molar-refractivity contribution < 1.29 is 9.53 Å². The highest BCUT2D eigenvalue weighted by atomic mass is 35.5. The molecule has 0 aromatic heterocycles. The summed E-state index contributed by atoms with van der Waals surface area (Å²) in [4.78, 5) is 13.8. The van der Waals surface area contributed by atoms with Crippen molar-refractivity contribution in [1.82, 2.24) is 10.2 Å². The molecule has 20 heavy (non-hydrogen) atoms. The standard InChI is InChI=1S/C14H20ClN3O2/c1-16-14(19)11-2-3-13(12(15)10-11)17-4-5-18-6-8-20-9-7-18/h2-3,10,17H,4-9H2,1H3,(H,16,19). The number of hydrogen-bond donors (Lipinski definition) is 2. The molecule has 1 aliphatic heterocycles. The van der Waals surface area contributed by atoms with Crippen molar-refractivity contribution in [3.8, 4) is 0 Å². The molecule has 6 heteroatoms. The van der Waals surface area contributed by atoms with Crippen LogP contribution in [0.4, 0.5) is 5.69 Å². The highest BCUT2D eigenvalue weighted by Gasteiger charge is 2.10. The fourth-order valence-corrected chi connectivity index (χ4v) is 2.36. The molecule has 2 rings (SSSR count). The Kier molecular flexibility index (Phi) is 5.64. The maximum absolute atomic E-state index is 11.5. The predicted molar refractivity (Wildman–Crippen MR) is 80.6 cm³/mol. The average Bonchev–Trinajstić information content (AvgIpc) is 2.49. The van der Waals surface area contributed by atoms with E-state index in [2.05, 4.69) is 15.5 Å². The molecule has 0 radical (unpaired) electrons. The summed E-state index contributed by atoms with van der Waals surface area (Å²) in [6.45, 7) is 5.34. The van der Waals surface area contributed by atoms with Crippen molar-refractivity contribution in [3.05, 3.63) is 28.8 Å². The Labute approximate surface area is 124 Å². The van der Waals surface area contributed by atoms with Crippen LogP contribution in [0.1, 0.15) is 10.4 Å². The molecule has 0 atom stereocenters. The number of ether oxygens (including phenoxy) is 1. The molecule has 0 unspecified atom stereocenters. The van der Waals surface area contributed by atoms with E-state index in [9.17, 15) is 4.79 Å². The van der Waals surface area contributed by atoms with Gasteiger partial charge in [-0.1, -0.05) is 11.6 Å². The molecule has 2 N–H and O–H groups in total. The van der Waals surface area contributed by atoms with Crippen molar-refractivity contribution in [2.75, 3.05) is 51.8 Å². The van der Waals surface area contributed by atoms with E-state index < -0.39 is 0 Å². The van der Waals surface area contributed by atoms with Gasteiger partial charge in [-0.3, -0.25) is 9.69 Å². The minimum absolute atomic E-state index is 0.133. The zero-order valence-electron chi connectivity index (χ0n) is 11.6. The minimum atomic E-state index is -0.133. The molecule has 1 aliphatic rings. The maximum Gasteiger partial charge on any atom is 0.251 e. The van der Waals surface area contributed by atoms with E-state index in [1.54, 1.807) is 19.2 Å². The van der Waals surface area contributed by atoms with E-state index in [0.717, 1.165) is 45.1 Å². The number of amides is 1. The van der Waals surface area contributed by atoms with Crippen LogP contribution in [-0.4, -0.2) is 57.2 Å². The fourth-order valence-electron chi connectivity index (χ4n) is 2.12. The second kappa shape index (κ2) is 7.47. The molecule has 0 aliphatic carbocycles. The zero-order chi connectivity index (χ0) is 14.4. The van der Waals surface area contributed by atoms with Crippen LogP contribution in [0.3, 0.4) is 0 Å². The Morgan fingerprint density at radius 3 is 2.80 bits per heavy atom. The largest absolute Gasteiger partial charge is 0.383 e. The molecule has 1 fully saturated rings. The lowest BCUT2D eigenvalue weighted by Crippen LogP contribution is -2.39. The van der Waals surface area contributed by atoms with Crippen LogP contribution in [-0.2, 0) is 4.74 Å². The first-order valence-electron chi connectivity index (χ1n) is 6.76. The lowest BCUT2D eigenvalue weighted by atomic mass is 10.2. The number of halogens is 1. The van der Waals surface area contributed by atoms with Gasteiger partial charge in [-0.2, -0.15) is 0 Å². The fraction of sp³-hybridized carbons (Fsp3) is 0.500. The molecular formula is C14H20ClN3O2. The smallest absolute Gasteiger partial charge is 0.251 e. The Hall–Kier alpha value is -1.30. The topological polar surface area (TPSA) is 53.6 Å². The zero-order valence-corrected chi connectivity index (χ0v) is 12.4. The number of rotatable bonds is 5. The molecule has 1 heterocycles. The van der Waals surface area contributed by atoms with Crippen molar-refractivity contribution >= 4 is 23.2 Å². The molecular weight excluding hydrogens is 278 g/mol. The SMILES string of the molecule is CNC(=O)c1ccc(NCCN2CCOCC2)c(Cl)c1. The third-order valence-electron chi connectivity index (χ3n) is 3.31. The molecule has 1 amide bonds. The summed E-state index contributed by atoms with van der Waals surface area (Å²) in [7, 11) is 1.60. The molecule has 110 valence electrons. The number of hydrogen-bond acceptors (Lipinski definition) is 4. The molecule has 1 aromatic rings. The first kappa shape index (κ1) is 15.1. The molecule has 0 bridgehead atoms. The predicted octanol–water partition coefficient (Wildman–Crippen LogP) is 1.44. The first-order chi connectivity index (χ1) is 9.70. The van der Waals surface area contributed by atoms with Gasteiger partial charge in [0.15, 0.2) is 0 Å². The summed E-state index contributed by atoms with van der Waals surface area (Å²) in [5.74, 6) is -0.133. The van der Waals surface area contributed by atoms with E-state index in [1.807, 2.05) is 6.07 Å². The van der Waals surface area contributed by atoms with Crippen molar-refractivity contribution in [1.29, 1.82) is 0 Å². The number of benzene rings is 1. The van der Waals surface area contributed by atoms with E-state index in [4.69, 9.17) is 16.3 Å². The average molecular weight is 298 g/mol. The van der Waals surface area contributed by atoms with Gasteiger partial charge >= 0.3 is 0 Å². The summed E-state index contributed by atoms with van der Waals surface area (Å²) in [5.41, 5.74) is 1.42. The van der Waals surface area contributed by atoms with Crippen molar-refractivity contribution in [2.24, 2.45) is 0 Å².